The molecule has 0 aliphatic heterocycles. The van der Waals surface area contributed by atoms with Gasteiger partial charge in [0.1, 0.15) is 0 Å². The average Bonchev–Trinajstić information content (AvgIpc) is 1.87. The van der Waals surface area contributed by atoms with Crippen LogP contribution >= 0.6 is 22.6 Å². The molecule has 4 heteroatoms. The molecule has 0 saturated heterocycles. The summed E-state index contributed by atoms with van der Waals surface area (Å²) in [6.45, 7) is 6.00. The zero-order valence-electron chi connectivity index (χ0n) is 6.93. The average molecular weight is 265 g/mol. The molecule has 0 saturated carbocycles. The van der Waals surface area contributed by atoms with E-state index in [0.29, 0.717) is 5.70 Å². The van der Waals surface area contributed by atoms with E-state index < -0.39 is 0 Å². The Balaban J connectivity index is 4.53. The van der Waals surface area contributed by atoms with Gasteiger partial charge in [0.25, 0.3) is 0 Å². The van der Waals surface area contributed by atoms with E-state index in [1.165, 1.54) is 0 Å². The molecule has 0 atom stereocenters. The van der Waals surface area contributed by atoms with E-state index in [9.17, 15) is 0 Å². The Labute approximate surface area is 80.6 Å². The molecule has 0 unspecified atom stereocenters. The van der Waals surface area contributed by atoms with Gasteiger partial charge in [0.2, 0.25) is 0 Å². The number of rotatable bonds is 2. The van der Waals surface area contributed by atoms with Crippen molar-refractivity contribution >= 4 is 26.8 Å². The van der Waals surface area contributed by atoms with Gasteiger partial charge in [-0.2, -0.15) is 5.11 Å². The molecule has 0 bridgehead atoms. The second-order valence-electron chi connectivity index (χ2n) is 3.12. The largest absolute Gasteiger partial charge is 0.256 e. The standard InChI is InChI=1S/C7H12IN3/c1-7(2,3)6(11-9)4-10-5-8/h4-5,9H,1-3H3/b6-4-,10-5?,11-9?. The van der Waals surface area contributed by atoms with Crippen molar-refractivity contribution in [2.24, 2.45) is 15.5 Å². The minimum atomic E-state index is -0.0924. The Morgan fingerprint density at radius 2 is 2.00 bits per heavy atom. The number of hydrogen-bond donors (Lipinski definition) is 1. The van der Waals surface area contributed by atoms with Gasteiger partial charge < -0.3 is 0 Å². The van der Waals surface area contributed by atoms with Crippen molar-refractivity contribution in [3.05, 3.63) is 11.9 Å². The van der Waals surface area contributed by atoms with Crippen molar-refractivity contribution in [2.75, 3.05) is 0 Å². The van der Waals surface area contributed by atoms with Crippen LogP contribution in [0.15, 0.2) is 22.0 Å². The maximum Gasteiger partial charge on any atom is 0.0859 e. The van der Waals surface area contributed by atoms with Crippen LogP contribution in [0.3, 0.4) is 0 Å². The van der Waals surface area contributed by atoms with Crippen LogP contribution in [-0.4, -0.2) is 4.22 Å². The van der Waals surface area contributed by atoms with E-state index in [-0.39, 0.29) is 5.41 Å². The van der Waals surface area contributed by atoms with E-state index in [2.05, 4.69) is 10.1 Å². The lowest BCUT2D eigenvalue weighted by molar-refractivity contribution is 0.488. The summed E-state index contributed by atoms with van der Waals surface area (Å²) in [5, 5.41) is 3.39. The maximum atomic E-state index is 6.87. The monoisotopic (exact) mass is 265 g/mol. The molecule has 0 aliphatic rings. The SMILES string of the molecule is CC(C)(C)/C(=C/N=CI)N=N. The molecule has 0 amide bonds. The van der Waals surface area contributed by atoms with Crippen molar-refractivity contribution in [3.63, 3.8) is 0 Å². The van der Waals surface area contributed by atoms with Crippen molar-refractivity contribution in [1.82, 2.24) is 0 Å². The first-order valence-corrected chi connectivity index (χ1v) is 4.47. The lowest BCUT2D eigenvalue weighted by Crippen LogP contribution is -2.06. The van der Waals surface area contributed by atoms with Gasteiger partial charge in [-0.15, -0.1) is 0 Å². The molecule has 0 aromatic heterocycles. The first-order valence-electron chi connectivity index (χ1n) is 3.22. The predicted octanol–water partition coefficient (Wildman–Crippen LogP) is 3.37. The zero-order valence-corrected chi connectivity index (χ0v) is 9.08. The third kappa shape index (κ3) is 4.23. The van der Waals surface area contributed by atoms with Crippen LogP contribution in [0.1, 0.15) is 20.8 Å². The van der Waals surface area contributed by atoms with E-state index >= 15 is 0 Å². The molecule has 0 fully saturated rings. The highest BCUT2D eigenvalue weighted by molar-refractivity contribution is 14.1. The van der Waals surface area contributed by atoms with Gasteiger partial charge in [-0.1, -0.05) is 20.8 Å². The van der Waals surface area contributed by atoms with Gasteiger partial charge in [-0.05, 0) is 22.6 Å². The second-order valence-corrected chi connectivity index (χ2v) is 3.68. The maximum absolute atomic E-state index is 6.87. The minimum absolute atomic E-state index is 0.0924. The Kier molecular flexibility index (Phi) is 4.48. The summed E-state index contributed by atoms with van der Waals surface area (Å²) >= 11 is 2.03. The molecule has 0 spiro atoms. The van der Waals surface area contributed by atoms with Crippen molar-refractivity contribution in [2.45, 2.75) is 20.8 Å². The summed E-state index contributed by atoms with van der Waals surface area (Å²) in [5.74, 6) is 0. The molecule has 0 heterocycles. The molecular weight excluding hydrogens is 253 g/mol. The quantitative estimate of drug-likeness (QED) is 0.452. The molecule has 62 valence electrons. The fourth-order valence-corrected chi connectivity index (χ4v) is 0.650. The first-order chi connectivity index (χ1) is 5.02. The van der Waals surface area contributed by atoms with Crippen LogP contribution in [0, 0.1) is 10.9 Å². The van der Waals surface area contributed by atoms with Crippen LogP contribution in [-0.2, 0) is 0 Å². The molecule has 11 heavy (non-hydrogen) atoms. The number of halogens is 1. The van der Waals surface area contributed by atoms with Crippen molar-refractivity contribution in [3.8, 4) is 0 Å². The van der Waals surface area contributed by atoms with Crippen LogP contribution in [0.5, 0.6) is 0 Å². The lowest BCUT2D eigenvalue weighted by atomic mass is 9.93. The smallest absolute Gasteiger partial charge is 0.0859 e. The number of aliphatic imine (C=N–C) groups is 1. The summed E-state index contributed by atoms with van der Waals surface area (Å²) in [6, 6.07) is 0. The number of allylic oxidation sites excluding steroid dienone is 1. The van der Waals surface area contributed by atoms with Crippen LogP contribution in [0.25, 0.3) is 0 Å². The minimum Gasteiger partial charge on any atom is -0.256 e. The number of hydrogen-bond acceptors (Lipinski definition) is 3. The van der Waals surface area contributed by atoms with Gasteiger partial charge >= 0.3 is 0 Å². The lowest BCUT2D eigenvalue weighted by Gasteiger charge is -2.16. The molecule has 0 aromatic rings. The Morgan fingerprint density at radius 3 is 2.27 bits per heavy atom. The van der Waals surface area contributed by atoms with Crippen molar-refractivity contribution < 1.29 is 0 Å². The van der Waals surface area contributed by atoms with E-state index in [1.807, 2.05) is 43.4 Å². The molecule has 1 N–H and O–H groups in total. The van der Waals surface area contributed by atoms with E-state index in [0.717, 1.165) is 0 Å². The van der Waals surface area contributed by atoms with Gasteiger partial charge in [0.15, 0.2) is 0 Å². The molecule has 0 aliphatic carbocycles. The summed E-state index contributed by atoms with van der Waals surface area (Å²) < 4.78 is 1.65. The topological polar surface area (TPSA) is 48.6 Å². The fourth-order valence-electron chi connectivity index (χ4n) is 0.489. The third-order valence-electron chi connectivity index (χ3n) is 1.14. The Bertz CT molecular complexity index is 188. The highest BCUT2D eigenvalue weighted by Crippen LogP contribution is 2.25. The van der Waals surface area contributed by atoms with Gasteiger partial charge in [0, 0.05) is 5.41 Å². The molecule has 3 nitrogen and oxygen atoms in total. The highest BCUT2D eigenvalue weighted by Gasteiger charge is 2.15. The summed E-state index contributed by atoms with van der Waals surface area (Å²) in [5.41, 5.74) is 7.47. The van der Waals surface area contributed by atoms with Crippen molar-refractivity contribution in [1.29, 1.82) is 5.53 Å². The van der Waals surface area contributed by atoms with Gasteiger partial charge in [-0.3, -0.25) is 4.99 Å². The van der Waals surface area contributed by atoms with Gasteiger partial charge in [-0.25, -0.2) is 5.53 Å². The fraction of sp³-hybridized carbons (Fsp3) is 0.571. The molecule has 0 aromatic carbocycles. The van der Waals surface area contributed by atoms with Crippen LogP contribution in [0.4, 0.5) is 0 Å². The number of nitrogens with one attached hydrogen (secondary N) is 1. The summed E-state index contributed by atoms with van der Waals surface area (Å²) in [6.07, 6.45) is 1.61. The Morgan fingerprint density at radius 1 is 1.45 bits per heavy atom. The molecular formula is C7H12IN3. The summed E-state index contributed by atoms with van der Waals surface area (Å²) in [4.78, 5) is 3.90. The summed E-state index contributed by atoms with van der Waals surface area (Å²) in [7, 11) is 0. The third-order valence-corrected chi connectivity index (χ3v) is 1.46. The normalized spacial score (nSPS) is 14.0. The Hall–Kier alpha value is -0.260. The predicted molar refractivity (Wildman–Crippen MR) is 55.2 cm³/mol. The van der Waals surface area contributed by atoms with Crippen LogP contribution < -0.4 is 0 Å². The molecule has 0 radical (unpaired) electrons. The van der Waals surface area contributed by atoms with E-state index in [4.69, 9.17) is 5.53 Å². The van der Waals surface area contributed by atoms with Gasteiger partial charge in [0.05, 0.1) is 16.1 Å². The zero-order chi connectivity index (χ0) is 8.91. The van der Waals surface area contributed by atoms with Crippen LogP contribution in [0.2, 0.25) is 0 Å². The second kappa shape index (κ2) is 4.58. The number of nitrogens with zero attached hydrogens (tertiary/aromatic N) is 2. The highest BCUT2D eigenvalue weighted by atomic mass is 127. The molecule has 0 rings (SSSR count). The van der Waals surface area contributed by atoms with E-state index in [1.54, 1.807) is 10.4 Å². The first kappa shape index (κ1) is 10.7.